The zero-order valence-corrected chi connectivity index (χ0v) is 10.7. The summed E-state index contributed by atoms with van der Waals surface area (Å²) in [6.45, 7) is 5.64. The molecule has 0 aliphatic heterocycles. The number of nitrogens with zero attached hydrogens (tertiary/aromatic N) is 1. The van der Waals surface area contributed by atoms with Crippen LogP contribution in [0.2, 0.25) is 0 Å². The molecular formula is C14H16N2O2. The minimum Gasteiger partial charge on any atom is -0.493 e. The van der Waals surface area contributed by atoms with Gasteiger partial charge in [0.25, 0.3) is 5.56 Å². The second-order valence-corrected chi connectivity index (χ2v) is 4.56. The predicted octanol–water partition coefficient (Wildman–Crippen LogP) is 1.99. The molecule has 0 atom stereocenters. The molecule has 0 aliphatic carbocycles. The second kappa shape index (κ2) is 4.64. The first-order valence-corrected chi connectivity index (χ1v) is 5.82. The summed E-state index contributed by atoms with van der Waals surface area (Å²) in [4.78, 5) is 18.2. The van der Waals surface area contributed by atoms with Crippen molar-refractivity contribution in [3.05, 3.63) is 56.6 Å². The van der Waals surface area contributed by atoms with E-state index in [0.29, 0.717) is 12.2 Å². The maximum absolute atomic E-state index is 11.5. The molecule has 2 rings (SSSR count). The Morgan fingerprint density at radius 1 is 1.22 bits per heavy atom. The minimum absolute atomic E-state index is 0.197. The lowest BCUT2D eigenvalue weighted by Gasteiger charge is -2.06. The quantitative estimate of drug-likeness (QED) is 0.849. The Morgan fingerprint density at radius 3 is 2.56 bits per heavy atom. The molecule has 2 N–H and O–H groups in total. The van der Waals surface area contributed by atoms with Crippen molar-refractivity contribution in [2.75, 3.05) is 0 Å². The molecule has 1 aromatic heterocycles. The van der Waals surface area contributed by atoms with Gasteiger partial charge in [0, 0.05) is 6.42 Å². The molecule has 1 aromatic carbocycles. The van der Waals surface area contributed by atoms with Crippen LogP contribution in [0.15, 0.2) is 23.0 Å². The van der Waals surface area contributed by atoms with Gasteiger partial charge >= 0.3 is 0 Å². The molecule has 4 nitrogen and oxygen atoms in total. The Balaban J connectivity index is 2.34. The maximum Gasteiger partial charge on any atom is 0.257 e. The van der Waals surface area contributed by atoms with Gasteiger partial charge in [0.05, 0.1) is 5.56 Å². The van der Waals surface area contributed by atoms with E-state index in [4.69, 9.17) is 0 Å². The Kier molecular flexibility index (Phi) is 3.19. The summed E-state index contributed by atoms with van der Waals surface area (Å²) >= 11 is 0. The van der Waals surface area contributed by atoms with Crippen molar-refractivity contribution in [3.63, 3.8) is 0 Å². The molecule has 94 valence electrons. The first-order chi connectivity index (χ1) is 8.47. The normalized spacial score (nSPS) is 10.6. The molecule has 0 aliphatic rings. The van der Waals surface area contributed by atoms with Crippen LogP contribution in [-0.2, 0) is 6.42 Å². The highest BCUT2D eigenvalue weighted by atomic mass is 16.3. The average Bonchev–Trinajstić information content (AvgIpc) is 2.31. The third-order valence-corrected chi connectivity index (χ3v) is 3.12. The highest BCUT2D eigenvalue weighted by Crippen LogP contribution is 2.13. The van der Waals surface area contributed by atoms with Crippen LogP contribution in [0.3, 0.4) is 0 Å². The van der Waals surface area contributed by atoms with Crippen LogP contribution in [0, 0.1) is 20.8 Å². The molecule has 2 aromatic rings. The van der Waals surface area contributed by atoms with Gasteiger partial charge in [0.2, 0.25) is 5.88 Å². The molecule has 0 unspecified atom stereocenters. The largest absolute Gasteiger partial charge is 0.493 e. The Morgan fingerprint density at radius 2 is 1.94 bits per heavy atom. The van der Waals surface area contributed by atoms with Crippen molar-refractivity contribution in [2.24, 2.45) is 0 Å². The number of aromatic hydroxyl groups is 1. The predicted molar refractivity (Wildman–Crippen MR) is 70.0 cm³/mol. The molecule has 1 heterocycles. The third-order valence-electron chi connectivity index (χ3n) is 3.12. The number of aromatic nitrogens is 2. The van der Waals surface area contributed by atoms with E-state index in [9.17, 15) is 9.90 Å². The van der Waals surface area contributed by atoms with Gasteiger partial charge in [-0.3, -0.25) is 4.79 Å². The van der Waals surface area contributed by atoms with Crippen molar-refractivity contribution in [1.29, 1.82) is 0 Å². The average molecular weight is 244 g/mol. The van der Waals surface area contributed by atoms with E-state index in [1.165, 1.54) is 11.1 Å². The third kappa shape index (κ3) is 2.42. The van der Waals surface area contributed by atoms with E-state index in [1.54, 1.807) is 6.92 Å². The Bertz CT molecular complexity index is 645. The van der Waals surface area contributed by atoms with E-state index < -0.39 is 0 Å². The summed E-state index contributed by atoms with van der Waals surface area (Å²) < 4.78 is 0. The molecule has 0 radical (unpaired) electrons. The molecule has 0 amide bonds. The van der Waals surface area contributed by atoms with Crippen LogP contribution in [0.4, 0.5) is 0 Å². The molecule has 0 bridgehead atoms. The lowest BCUT2D eigenvalue weighted by atomic mass is 10.0. The standard InChI is InChI=1S/C14H16N2O2/c1-8-4-5-11(6-9(8)2)7-12-15-13(17)10(3)14(18)16-12/h4-6H,7H2,1-3H3,(H2,15,16,17,18). The first kappa shape index (κ1) is 12.4. The summed E-state index contributed by atoms with van der Waals surface area (Å²) in [6, 6.07) is 6.10. The van der Waals surface area contributed by atoms with Crippen molar-refractivity contribution in [1.82, 2.24) is 9.97 Å². The van der Waals surface area contributed by atoms with E-state index in [1.807, 2.05) is 19.1 Å². The van der Waals surface area contributed by atoms with Gasteiger partial charge in [-0.15, -0.1) is 0 Å². The SMILES string of the molecule is Cc1ccc(Cc2nc(O)c(C)c(=O)[nH]2)cc1C. The lowest BCUT2D eigenvalue weighted by Crippen LogP contribution is -2.14. The van der Waals surface area contributed by atoms with Gasteiger partial charge < -0.3 is 10.1 Å². The number of hydrogen-bond acceptors (Lipinski definition) is 3. The van der Waals surface area contributed by atoms with E-state index in [0.717, 1.165) is 5.56 Å². The summed E-state index contributed by atoms with van der Waals surface area (Å²) in [5.41, 5.74) is 3.45. The smallest absolute Gasteiger partial charge is 0.257 e. The van der Waals surface area contributed by atoms with Crippen LogP contribution in [0.1, 0.15) is 28.1 Å². The Hall–Kier alpha value is -2.10. The molecule has 0 saturated heterocycles. The van der Waals surface area contributed by atoms with Gasteiger partial charge in [0.15, 0.2) is 0 Å². The number of aryl methyl sites for hydroxylation is 2. The molecular weight excluding hydrogens is 228 g/mol. The maximum atomic E-state index is 11.5. The summed E-state index contributed by atoms with van der Waals surface area (Å²) in [7, 11) is 0. The van der Waals surface area contributed by atoms with Crippen molar-refractivity contribution in [3.8, 4) is 5.88 Å². The van der Waals surface area contributed by atoms with Crippen LogP contribution in [0.25, 0.3) is 0 Å². The van der Waals surface area contributed by atoms with Crippen LogP contribution in [-0.4, -0.2) is 15.1 Å². The summed E-state index contributed by atoms with van der Waals surface area (Å²) in [5.74, 6) is 0.281. The van der Waals surface area contributed by atoms with E-state index in [-0.39, 0.29) is 17.0 Å². The van der Waals surface area contributed by atoms with Crippen molar-refractivity contribution < 1.29 is 5.11 Å². The van der Waals surface area contributed by atoms with Gasteiger partial charge in [-0.1, -0.05) is 18.2 Å². The van der Waals surface area contributed by atoms with Crippen LogP contribution >= 0.6 is 0 Å². The van der Waals surface area contributed by atoms with Gasteiger partial charge in [-0.2, -0.15) is 4.98 Å². The van der Waals surface area contributed by atoms with Crippen LogP contribution in [0.5, 0.6) is 5.88 Å². The van der Waals surface area contributed by atoms with Gasteiger partial charge in [-0.25, -0.2) is 0 Å². The number of hydrogen-bond donors (Lipinski definition) is 2. The number of H-pyrrole nitrogens is 1. The van der Waals surface area contributed by atoms with Gasteiger partial charge in [0.1, 0.15) is 5.82 Å². The highest BCUT2D eigenvalue weighted by molar-refractivity contribution is 5.32. The molecule has 0 fully saturated rings. The fourth-order valence-electron chi connectivity index (χ4n) is 1.76. The Labute approximate surface area is 105 Å². The molecule has 18 heavy (non-hydrogen) atoms. The number of rotatable bonds is 2. The van der Waals surface area contributed by atoms with E-state index >= 15 is 0 Å². The summed E-state index contributed by atoms with van der Waals surface area (Å²) in [5, 5.41) is 9.53. The number of nitrogens with one attached hydrogen (secondary N) is 1. The molecule has 4 heteroatoms. The van der Waals surface area contributed by atoms with E-state index in [2.05, 4.69) is 23.0 Å². The van der Waals surface area contributed by atoms with Gasteiger partial charge in [-0.05, 0) is 37.5 Å². The first-order valence-electron chi connectivity index (χ1n) is 5.82. The number of aromatic amines is 1. The monoisotopic (exact) mass is 244 g/mol. The fraction of sp³-hybridized carbons (Fsp3) is 0.286. The molecule has 0 saturated carbocycles. The van der Waals surface area contributed by atoms with Crippen molar-refractivity contribution >= 4 is 0 Å². The highest BCUT2D eigenvalue weighted by Gasteiger charge is 2.07. The second-order valence-electron chi connectivity index (χ2n) is 4.56. The van der Waals surface area contributed by atoms with Crippen LogP contribution < -0.4 is 5.56 Å². The minimum atomic E-state index is -0.290. The topological polar surface area (TPSA) is 66.0 Å². The number of benzene rings is 1. The zero-order chi connectivity index (χ0) is 13.3. The molecule has 0 spiro atoms. The van der Waals surface area contributed by atoms with Crippen molar-refractivity contribution in [2.45, 2.75) is 27.2 Å². The summed E-state index contributed by atoms with van der Waals surface area (Å²) in [6.07, 6.45) is 0.504. The zero-order valence-electron chi connectivity index (χ0n) is 10.7. The fourth-order valence-corrected chi connectivity index (χ4v) is 1.76. The lowest BCUT2D eigenvalue weighted by molar-refractivity contribution is 0.443.